The summed E-state index contributed by atoms with van der Waals surface area (Å²) in [5.74, 6) is 1.36. The molecule has 2 aromatic heterocycles. The minimum Gasteiger partial charge on any atom is -0.343 e. The largest absolute Gasteiger partial charge is 0.343 e. The Balaban J connectivity index is 1.79. The number of aromatic nitrogens is 4. The van der Waals surface area contributed by atoms with Crippen LogP contribution >= 0.6 is 0 Å². The second-order valence-corrected chi connectivity index (χ2v) is 5.94. The zero-order chi connectivity index (χ0) is 15.5. The maximum atomic E-state index is 11.6. The molecule has 0 spiro atoms. The van der Waals surface area contributed by atoms with Gasteiger partial charge in [0.1, 0.15) is 5.69 Å². The Hall–Kier alpha value is -2.24. The number of hydrogen-bond donors (Lipinski definition) is 1. The summed E-state index contributed by atoms with van der Waals surface area (Å²) in [7, 11) is 0. The summed E-state index contributed by atoms with van der Waals surface area (Å²) >= 11 is 0. The Morgan fingerprint density at radius 3 is 2.91 bits per heavy atom. The van der Waals surface area contributed by atoms with Gasteiger partial charge in [0.15, 0.2) is 5.82 Å². The maximum absolute atomic E-state index is 11.6. The Morgan fingerprint density at radius 1 is 1.36 bits per heavy atom. The minimum absolute atomic E-state index is 0.158. The molecule has 1 aliphatic heterocycles. The number of carbonyl (C=O) groups excluding carboxylic acids is 1. The number of piperidine rings is 1. The number of hydrogen-bond acceptors (Lipinski definition) is 4. The third-order valence-electron chi connectivity index (χ3n) is 4.15. The number of likely N-dealkylation sites (tertiary alicyclic amines) is 1. The van der Waals surface area contributed by atoms with Gasteiger partial charge in [0.05, 0.1) is 5.69 Å². The van der Waals surface area contributed by atoms with E-state index in [-0.39, 0.29) is 5.91 Å². The highest BCUT2D eigenvalue weighted by Gasteiger charge is 2.23. The van der Waals surface area contributed by atoms with Crippen LogP contribution in [0, 0.1) is 12.8 Å². The van der Waals surface area contributed by atoms with Crippen molar-refractivity contribution < 1.29 is 4.79 Å². The molecule has 22 heavy (non-hydrogen) atoms. The fourth-order valence-electron chi connectivity index (χ4n) is 3.04. The van der Waals surface area contributed by atoms with E-state index < -0.39 is 0 Å². The standard InChI is InChI=1S/C16H21N5O/c1-11-9-19-16(20-11)15-14(17-5-6-18-15)8-13-4-3-7-21(10-13)12(2)22/h5-6,9,13H,3-4,7-8,10H2,1-2H3,(H,19,20)/t13-/m0/s1. The average Bonchev–Trinajstić information content (AvgIpc) is 2.94. The predicted molar refractivity (Wildman–Crippen MR) is 83.0 cm³/mol. The molecular formula is C16H21N5O. The molecular weight excluding hydrogens is 278 g/mol. The van der Waals surface area contributed by atoms with Crippen molar-refractivity contribution in [2.24, 2.45) is 5.92 Å². The minimum atomic E-state index is 0.158. The van der Waals surface area contributed by atoms with Crippen LogP contribution in [-0.4, -0.2) is 43.8 Å². The van der Waals surface area contributed by atoms with Crippen molar-refractivity contribution in [3.05, 3.63) is 30.0 Å². The summed E-state index contributed by atoms with van der Waals surface area (Å²) in [6.45, 7) is 5.29. The molecule has 0 unspecified atom stereocenters. The first kappa shape index (κ1) is 14.7. The molecule has 6 nitrogen and oxygen atoms in total. The molecule has 0 saturated carbocycles. The van der Waals surface area contributed by atoms with Gasteiger partial charge < -0.3 is 9.88 Å². The number of carbonyl (C=O) groups is 1. The molecule has 1 atom stereocenters. The quantitative estimate of drug-likeness (QED) is 0.940. The van der Waals surface area contributed by atoms with Crippen LogP contribution in [0.2, 0.25) is 0 Å². The lowest BCUT2D eigenvalue weighted by molar-refractivity contribution is -0.130. The molecule has 0 aromatic carbocycles. The van der Waals surface area contributed by atoms with E-state index in [9.17, 15) is 4.79 Å². The van der Waals surface area contributed by atoms with Crippen molar-refractivity contribution in [3.63, 3.8) is 0 Å². The first-order valence-electron chi connectivity index (χ1n) is 7.71. The second-order valence-electron chi connectivity index (χ2n) is 5.94. The molecule has 0 radical (unpaired) electrons. The van der Waals surface area contributed by atoms with Crippen molar-refractivity contribution in [2.45, 2.75) is 33.1 Å². The lowest BCUT2D eigenvalue weighted by Crippen LogP contribution is -2.39. The Kier molecular flexibility index (Phi) is 4.18. The van der Waals surface area contributed by atoms with Gasteiger partial charge in [0.25, 0.3) is 0 Å². The van der Waals surface area contributed by atoms with Gasteiger partial charge >= 0.3 is 0 Å². The molecule has 1 amide bonds. The van der Waals surface area contributed by atoms with E-state index in [1.54, 1.807) is 25.5 Å². The van der Waals surface area contributed by atoms with Gasteiger partial charge in [-0.1, -0.05) is 0 Å². The zero-order valence-electron chi connectivity index (χ0n) is 13.0. The van der Waals surface area contributed by atoms with Crippen LogP contribution in [0.5, 0.6) is 0 Å². The van der Waals surface area contributed by atoms with E-state index >= 15 is 0 Å². The van der Waals surface area contributed by atoms with Crippen molar-refractivity contribution >= 4 is 5.91 Å². The third-order valence-corrected chi connectivity index (χ3v) is 4.15. The summed E-state index contributed by atoms with van der Waals surface area (Å²) in [4.78, 5) is 30.0. The Morgan fingerprint density at radius 2 is 2.18 bits per heavy atom. The van der Waals surface area contributed by atoms with E-state index in [1.165, 1.54) is 0 Å². The molecule has 1 fully saturated rings. The molecule has 2 aromatic rings. The van der Waals surface area contributed by atoms with E-state index in [2.05, 4.69) is 19.9 Å². The summed E-state index contributed by atoms with van der Waals surface area (Å²) in [5, 5.41) is 0. The van der Waals surface area contributed by atoms with Crippen LogP contribution in [0.25, 0.3) is 11.5 Å². The molecule has 3 rings (SSSR count). The van der Waals surface area contributed by atoms with Gasteiger partial charge in [0, 0.05) is 44.3 Å². The fraction of sp³-hybridized carbons (Fsp3) is 0.500. The van der Waals surface area contributed by atoms with Gasteiger partial charge in [0.2, 0.25) is 5.91 Å². The SMILES string of the molecule is CC(=O)N1CCC[C@@H](Cc2nccnc2-c2ncc(C)[nH]2)C1. The van der Waals surface area contributed by atoms with Crippen molar-refractivity contribution in [1.29, 1.82) is 0 Å². The summed E-state index contributed by atoms with van der Waals surface area (Å²) in [5.41, 5.74) is 2.77. The summed E-state index contributed by atoms with van der Waals surface area (Å²) < 4.78 is 0. The highest BCUT2D eigenvalue weighted by molar-refractivity contribution is 5.73. The number of aromatic amines is 1. The van der Waals surface area contributed by atoms with Gasteiger partial charge in [-0.2, -0.15) is 0 Å². The summed E-state index contributed by atoms with van der Waals surface area (Å²) in [6, 6.07) is 0. The van der Waals surface area contributed by atoms with Crippen molar-refractivity contribution in [1.82, 2.24) is 24.8 Å². The molecule has 1 aliphatic rings. The first-order chi connectivity index (χ1) is 10.6. The maximum Gasteiger partial charge on any atom is 0.219 e. The van der Waals surface area contributed by atoms with Crippen LogP contribution in [-0.2, 0) is 11.2 Å². The molecule has 6 heteroatoms. The van der Waals surface area contributed by atoms with Gasteiger partial charge in [-0.3, -0.25) is 9.78 Å². The van der Waals surface area contributed by atoms with Gasteiger partial charge in [-0.15, -0.1) is 0 Å². The van der Waals surface area contributed by atoms with Crippen LogP contribution in [0.1, 0.15) is 31.2 Å². The van der Waals surface area contributed by atoms with E-state index in [1.807, 2.05) is 11.8 Å². The zero-order valence-corrected chi connectivity index (χ0v) is 13.0. The predicted octanol–water partition coefficient (Wildman–Crippen LogP) is 1.98. The highest BCUT2D eigenvalue weighted by atomic mass is 16.2. The molecule has 3 heterocycles. The lowest BCUT2D eigenvalue weighted by Gasteiger charge is -2.32. The summed E-state index contributed by atoms with van der Waals surface area (Å²) in [6.07, 6.45) is 8.22. The van der Waals surface area contributed by atoms with Gasteiger partial charge in [-0.05, 0) is 32.1 Å². The normalized spacial score (nSPS) is 18.5. The number of amides is 1. The number of H-pyrrole nitrogens is 1. The monoisotopic (exact) mass is 299 g/mol. The topological polar surface area (TPSA) is 74.8 Å². The third kappa shape index (κ3) is 3.16. The number of nitrogens with zero attached hydrogens (tertiary/aromatic N) is 4. The van der Waals surface area contributed by atoms with Crippen LogP contribution in [0.4, 0.5) is 0 Å². The number of aryl methyl sites for hydroxylation is 1. The van der Waals surface area contributed by atoms with E-state index in [0.29, 0.717) is 5.92 Å². The van der Waals surface area contributed by atoms with E-state index in [4.69, 9.17) is 0 Å². The highest BCUT2D eigenvalue weighted by Crippen LogP contribution is 2.24. The Labute approximate surface area is 130 Å². The van der Waals surface area contributed by atoms with Gasteiger partial charge in [-0.25, -0.2) is 9.97 Å². The second kappa shape index (κ2) is 6.25. The Bertz CT molecular complexity index is 666. The smallest absolute Gasteiger partial charge is 0.219 e. The molecule has 0 bridgehead atoms. The molecule has 1 N–H and O–H groups in total. The van der Waals surface area contributed by atoms with Crippen molar-refractivity contribution in [2.75, 3.05) is 13.1 Å². The molecule has 1 saturated heterocycles. The lowest BCUT2D eigenvalue weighted by atomic mass is 9.92. The van der Waals surface area contributed by atoms with Crippen LogP contribution in [0.3, 0.4) is 0 Å². The van der Waals surface area contributed by atoms with Crippen LogP contribution < -0.4 is 0 Å². The van der Waals surface area contributed by atoms with Crippen molar-refractivity contribution in [3.8, 4) is 11.5 Å². The fourth-order valence-corrected chi connectivity index (χ4v) is 3.04. The van der Waals surface area contributed by atoms with E-state index in [0.717, 1.165) is 55.3 Å². The first-order valence-corrected chi connectivity index (χ1v) is 7.71. The number of nitrogens with one attached hydrogen (secondary N) is 1. The number of rotatable bonds is 3. The molecule has 0 aliphatic carbocycles. The number of imidazole rings is 1. The average molecular weight is 299 g/mol. The van der Waals surface area contributed by atoms with Crippen LogP contribution in [0.15, 0.2) is 18.6 Å². The molecule has 116 valence electrons.